The van der Waals surface area contributed by atoms with Crippen LogP contribution in [0.3, 0.4) is 0 Å². The number of carbonyl (C=O) groups excluding carboxylic acids is 1. The molecule has 2 N–H and O–H groups in total. The zero-order valence-electron chi connectivity index (χ0n) is 10.3. The van der Waals surface area contributed by atoms with Crippen LogP contribution in [0.4, 0.5) is 5.69 Å². The number of anilines is 1. The maximum atomic E-state index is 11.2. The van der Waals surface area contributed by atoms with Crippen molar-refractivity contribution in [3.63, 3.8) is 0 Å². The number of rotatable bonds is 4. The number of hydrogen-bond donors (Lipinski definition) is 2. The number of para-hydroxylation sites is 1. The number of benzene rings is 1. The molecule has 1 aromatic rings. The summed E-state index contributed by atoms with van der Waals surface area (Å²) >= 11 is 5.20. The lowest BCUT2D eigenvalue weighted by molar-refractivity contribution is -0.116. The Kier molecular flexibility index (Phi) is 5.06. The molecule has 1 rings (SSSR count). The average molecular weight is 251 g/mol. The van der Waals surface area contributed by atoms with E-state index in [1.807, 2.05) is 31.3 Å². The molecule has 0 unspecified atom stereocenters. The minimum absolute atomic E-state index is 0.132. The number of nitrogens with zero attached hydrogens (tertiary/aromatic N) is 1. The molecule has 0 heterocycles. The molecule has 1 aromatic carbocycles. The van der Waals surface area contributed by atoms with Crippen LogP contribution in [0.5, 0.6) is 0 Å². The highest BCUT2D eigenvalue weighted by Gasteiger charge is 2.07. The largest absolute Gasteiger partial charge is 0.331 e. The number of carbonyl (C=O) groups is 1. The third-order valence-electron chi connectivity index (χ3n) is 2.34. The van der Waals surface area contributed by atoms with Crippen molar-refractivity contribution in [2.75, 3.05) is 19.4 Å². The molecule has 5 heteroatoms. The maximum absolute atomic E-state index is 11.2. The molecule has 0 aliphatic heterocycles. The molecule has 4 nitrogen and oxygen atoms in total. The number of hydrogen-bond acceptors (Lipinski definition) is 3. The van der Waals surface area contributed by atoms with Crippen molar-refractivity contribution in [3.05, 3.63) is 29.8 Å². The second-order valence-electron chi connectivity index (χ2n) is 3.75. The lowest BCUT2D eigenvalue weighted by atomic mass is 10.1. The van der Waals surface area contributed by atoms with Crippen molar-refractivity contribution in [2.24, 2.45) is 0 Å². The van der Waals surface area contributed by atoms with Crippen molar-refractivity contribution in [1.29, 1.82) is 0 Å². The van der Waals surface area contributed by atoms with E-state index in [9.17, 15) is 4.79 Å². The molecule has 0 aliphatic carbocycles. The molecule has 92 valence electrons. The molecule has 0 spiro atoms. The van der Waals surface area contributed by atoms with E-state index >= 15 is 0 Å². The van der Waals surface area contributed by atoms with Gasteiger partial charge in [0.1, 0.15) is 5.78 Å². The van der Waals surface area contributed by atoms with E-state index in [0.717, 1.165) is 11.3 Å². The van der Waals surface area contributed by atoms with Gasteiger partial charge in [0.25, 0.3) is 0 Å². The van der Waals surface area contributed by atoms with Gasteiger partial charge in [0, 0.05) is 26.2 Å². The van der Waals surface area contributed by atoms with Gasteiger partial charge in [-0.15, -0.1) is 0 Å². The van der Waals surface area contributed by atoms with E-state index in [2.05, 4.69) is 10.7 Å². The fraction of sp³-hybridized carbons (Fsp3) is 0.333. The second-order valence-corrected chi connectivity index (χ2v) is 4.14. The number of thiocarbonyl (C=S) groups is 1. The Bertz CT molecular complexity index is 420. The number of ketones is 1. The number of hydrazine groups is 1. The van der Waals surface area contributed by atoms with Gasteiger partial charge in [0.2, 0.25) is 0 Å². The molecule has 0 aliphatic rings. The Morgan fingerprint density at radius 1 is 1.41 bits per heavy atom. The highest BCUT2D eigenvalue weighted by molar-refractivity contribution is 7.80. The topological polar surface area (TPSA) is 44.4 Å². The van der Waals surface area contributed by atoms with Gasteiger partial charge < -0.3 is 5.32 Å². The van der Waals surface area contributed by atoms with Gasteiger partial charge in [-0.05, 0) is 30.8 Å². The molecule has 0 radical (unpaired) electrons. The summed E-state index contributed by atoms with van der Waals surface area (Å²) in [5.41, 5.74) is 4.73. The lowest BCUT2D eigenvalue weighted by Crippen LogP contribution is -2.39. The van der Waals surface area contributed by atoms with Gasteiger partial charge in [-0.3, -0.25) is 9.80 Å². The standard InChI is InChI=1S/C12H17N3OS/c1-9(16)8-10-6-4-5-7-11(10)14-12(17)15(3)13-2/h4-7,13H,8H2,1-3H3,(H,14,17). The third kappa shape index (κ3) is 4.13. The van der Waals surface area contributed by atoms with Crippen LogP contribution < -0.4 is 10.7 Å². The first kappa shape index (κ1) is 13.6. The smallest absolute Gasteiger partial charge is 0.187 e. The van der Waals surface area contributed by atoms with Crippen LogP contribution in [0.1, 0.15) is 12.5 Å². The van der Waals surface area contributed by atoms with Gasteiger partial charge in [0.15, 0.2) is 5.11 Å². The van der Waals surface area contributed by atoms with E-state index in [-0.39, 0.29) is 5.78 Å². The Morgan fingerprint density at radius 2 is 2.06 bits per heavy atom. The number of Topliss-reactive ketones (excluding diaryl/α,β-unsaturated/α-hetero) is 1. The fourth-order valence-electron chi connectivity index (χ4n) is 1.37. The SMILES string of the molecule is CNN(C)C(=S)Nc1ccccc1CC(C)=O. The van der Waals surface area contributed by atoms with Gasteiger partial charge in [-0.2, -0.15) is 0 Å². The van der Waals surface area contributed by atoms with Crippen molar-refractivity contribution in [1.82, 2.24) is 10.4 Å². The van der Waals surface area contributed by atoms with Crippen molar-refractivity contribution in [2.45, 2.75) is 13.3 Å². The molecular formula is C12H17N3OS. The molecule has 0 fully saturated rings. The lowest BCUT2D eigenvalue weighted by Gasteiger charge is -2.20. The van der Waals surface area contributed by atoms with E-state index in [0.29, 0.717) is 11.5 Å². The Hall–Kier alpha value is -1.46. The summed E-state index contributed by atoms with van der Waals surface area (Å²) in [5.74, 6) is 0.132. The fourth-order valence-corrected chi connectivity index (χ4v) is 1.57. The summed E-state index contributed by atoms with van der Waals surface area (Å²) in [6.45, 7) is 1.58. The zero-order chi connectivity index (χ0) is 12.8. The molecule has 0 atom stereocenters. The highest BCUT2D eigenvalue weighted by Crippen LogP contribution is 2.16. The van der Waals surface area contributed by atoms with Crippen molar-refractivity contribution in [3.8, 4) is 0 Å². The van der Waals surface area contributed by atoms with Crippen LogP contribution in [0.15, 0.2) is 24.3 Å². The molecule has 17 heavy (non-hydrogen) atoms. The van der Waals surface area contributed by atoms with Crippen LogP contribution in [-0.2, 0) is 11.2 Å². The first-order valence-electron chi connectivity index (χ1n) is 5.34. The Labute approximate surface area is 107 Å². The summed E-state index contributed by atoms with van der Waals surface area (Å²) in [7, 11) is 3.61. The highest BCUT2D eigenvalue weighted by atomic mass is 32.1. The van der Waals surface area contributed by atoms with Crippen molar-refractivity contribution < 1.29 is 4.79 Å². The Morgan fingerprint density at radius 3 is 2.65 bits per heavy atom. The van der Waals surface area contributed by atoms with Crippen LogP contribution >= 0.6 is 12.2 Å². The molecule has 0 saturated heterocycles. The van der Waals surface area contributed by atoms with Crippen LogP contribution in [0.25, 0.3) is 0 Å². The summed E-state index contributed by atoms with van der Waals surface area (Å²) in [6.07, 6.45) is 0.412. The van der Waals surface area contributed by atoms with Gasteiger partial charge in [0.05, 0.1) is 0 Å². The van der Waals surface area contributed by atoms with Gasteiger partial charge in [-0.1, -0.05) is 18.2 Å². The van der Waals surface area contributed by atoms with Gasteiger partial charge >= 0.3 is 0 Å². The minimum Gasteiger partial charge on any atom is -0.331 e. The molecule has 0 bridgehead atoms. The normalized spacial score (nSPS) is 9.82. The quantitative estimate of drug-likeness (QED) is 0.628. The predicted molar refractivity (Wildman–Crippen MR) is 73.9 cm³/mol. The summed E-state index contributed by atoms with van der Waals surface area (Å²) in [5, 5.41) is 5.36. The van der Waals surface area contributed by atoms with E-state index < -0.39 is 0 Å². The van der Waals surface area contributed by atoms with E-state index in [1.165, 1.54) is 0 Å². The average Bonchev–Trinajstić information content (AvgIpc) is 2.29. The summed E-state index contributed by atoms with van der Waals surface area (Å²) in [6, 6.07) is 7.65. The zero-order valence-corrected chi connectivity index (χ0v) is 11.1. The number of nitrogens with one attached hydrogen (secondary N) is 2. The molecular weight excluding hydrogens is 234 g/mol. The molecule has 0 amide bonds. The van der Waals surface area contributed by atoms with E-state index in [4.69, 9.17) is 12.2 Å². The van der Waals surface area contributed by atoms with E-state index in [1.54, 1.807) is 19.0 Å². The van der Waals surface area contributed by atoms with Crippen LogP contribution in [0, 0.1) is 0 Å². The minimum atomic E-state index is 0.132. The van der Waals surface area contributed by atoms with Crippen LogP contribution in [0.2, 0.25) is 0 Å². The monoisotopic (exact) mass is 251 g/mol. The third-order valence-corrected chi connectivity index (χ3v) is 2.71. The first-order chi connectivity index (χ1) is 8.04. The van der Waals surface area contributed by atoms with Crippen molar-refractivity contribution >= 4 is 28.8 Å². The maximum Gasteiger partial charge on any atom is 0.187 e. The molecule has 0 saturated carbocycles. The van der Waals surface area contributed by atoms with Gasteiger partial charge in [-0.25, -0.2) is 5.43 Å². The summed E-state index contributed by atoms with van der Waals surface area (Å²) in [4.78, 5) is 11.2. The van der Waals surface area contributed by atoms with Crippen LogP contribution in [-0.4, -0.2) is 30.0 Å². The molecule has 0 aromatic heterocycles. The summed E-state index contributed by atoms with van der Waals surface area (Å²) < 4.78 is 0. The second kappa shape index (κ2) is 6.32. The predicted octanol–water partition coefficient (Wildman–Crippen LogP) is 1.58. The first-order valence-corrected chi connectivity index (χ1v) is 5.75. The Balaban J connectivity index is 2.83.